The van der Waals surface area contributed by atoms with E-state index in [1.807, 2.05) is 0 Å². The van der Waals surface area contributed by atoms with Crippen LogP contribution in [0.2, 0.25) is 0 Å². The van der Waals surface area contributed by atoms with Crippen LogP contribution in [0.15, 0.2) is 18.5 Å². The Morgan fingerprint density at radius 3 is 2.83 bits per heavy atom. The van der Waals surface area contributed by atoms with Gasteiger partial charge < -0.3 is 5.11 Å². The third kappa shape index (κ3) is 1.86. The number of aryl methyl sites for hydroxylation is 1. The van der Waals surface area contributed by atoms with E-state index in [2.05, 4.69) is 10.1 Å². The van der Waals surface area contributed by atoms with E-state index in [0.717, 1.165) is 10.9 Å². The van der Waals surface area contributed by atoms with Crippen molar-refractivity contribution in [2.24, 2.45) is 0 Å². The quantitative estimate of drug-likeness (QED) is 0.827. The van der Waals surface area contributed by atoms with Gasteiger partial charge in [-0.1, -0.05) is 0 Å². The van der Waals surface area contributed by atoms with Crippen molar-refractivity contribution in [2.45, 2.75) is 6.92 Å². The first-order valence-corrected chi connectivity index (χ1v) is 4.94. The number of carbonyl (C=O) groups excluding carboxylic acids is 1. The topological polar surface area (TPSA) is 85.1 Å². The number of hydrogen-bond donors (Lipinski definition) is 1. The van der Waals surface area contributed by atoms with Crippen molar-refractivity contribution >= 4 is 12.3 Å². The van der Waals surface area contributed by atoms with Gasteiger partial charge in [-0.15, -0.1) is 0 Å². The molecule has 92 valence electrons. The molecule has 0 aliphatic heterocycles. The first kappa shape index (κ1) is 11.9. The van der Waals surface area contributed by atoms with E-state index in [4.69, 9.17) is 5.11 Å². The zero-order valence-electron chi connectivity index (χ0n) is 9.29. The molecule has 0 fully saturated rings. The fraction of sp³-hybridized carbons (Fsp3) is 0.0909. The average molecular weight is 249 g/mol. The summed E-state index contributed by atoms with van der Waals surface area (Å²) >= 11 is 0. The van der Waals surface area contributed by atoms with E-state index in [0.29, 0.717) is 6.29 Å². The number of carboxylic acid groups (broad SMARTS) is 1. The second kappa shape index (κ2) is 4.36. The van der Waals surface area contributed by atoms with Gasteiger partial charge in [-0.2, -0.15) is 5.10 Å². The van der Waals surface area contributed by atoms with Gasteiger partial charge in [0.2, 0.25) is 0 Å². The Bertz CT molecular complexity index is 636. The average Bonchev–Trinajstić information content (AvgIpc) is 2.71. The summed E-state index contributed by atoms with van der Waals surface area (Å²) in [6, 6.07) is 1.22. The Labute approximate surface area is 101 Å². The van der Waals surface area contributed by atoms with Gasteiger partial charge in [-0.05, 0) is 13.0 Å². The molecule has 2 aromatic heterocycles. The van der Waals surface area contributed by atoms with Gasteiger partial charge in [-0.25, -0.2) is 18.9 Å². The first-order chi connectivity index (χ1) is 8.54. The molecule has 0 aliphatic rings. The summed E-state index contributed by atoms with van der Waals surface area (Å²) in [5.74, 6) is -2.21. The van der Waals surface area contributed by atoms with Gasteiger partial charge >= 0.3 is 5.97 Å². The predicted molar refractivity (Wildman–Crippen MR) is 58.4 cm³/mol. The largest absolute Gasteiger partial charge is 0.478 e. The Morgan fingerprint density at radius 1 is 1.56 bits per heavy atom. The number of carbonyl (C=O) groups is 2. The van der Waals surface area contributed by atoms with Gasteiger partial charge in [0, 0.05) is 12.4 Å². The standard InChI is InChI=1S/C11H8FN3O3/c1-6-8(11(17)18)4-15(14-6)10-9(12)7(5-16)2-3-13-10/h2-5H,1H3,(H,17,18). The number of aromatic nitrogens is 3. The fourth-order valence-electron chi connectivity index (χ4n) is 1.48. The number of pyridine rings is 1. The van der Waals surface area contributed by atoms with Crippen LogP contribution < -0.4 is 0 Å². The highest BCUT2D eigenvalue weighted by Gasteiger charge is 2.16. The highest BCUT2D eigenvalue weighted by atomic mass is 19.1. The molecule has 1 N–H and O–H groups in total. The molecule has 2 heterocycles. The van der Waals surface area contributed by atoms with Gasteiger partial charge in [-0.3, -0.25) is 4.79 Å². The molecule has 0 bridgehead atoms. The summed E-state index contributed by atoms with van der Waals surface area (Å²) < 4.78 is 14.8. The van der Waals surface area contributed by atoms with E-state index < -0.39 is 11.8 Å². The minimum atomic E-state index is -1.16. The van der Waals surface area contributed by atoms with Crippen LogP contribution in [0.25, 0.3) is 5.82 Å². The smallest absolute Gasteiger partial charge is 0.339 e. The third-order valence-corrected chi connectivity index (χ3v) is 2.37. The van der Waals surface area contributed by atoms with E-state index >= 15 is 0 Å². The summed E-state index contributed by atoms with van der Waals surface area (Å²) in [5, 5.41) is 12.7. The lowest BCUT2D eigenvalue weighted by molar-refractivity contribution is 0.0696. The highest BCUT2D eigenvalue weighted by molar-refractivity contribution is 5.88. The molecule has 0 saturated carbocycles. The number of rotatable bonds is 3. The number of aromatic carboxylic acids is 1. The SMILES string of the molecule is Cc1nn(-c2nccc(C=O)c2F)cc1C(=O)O. The molecule has 0 saturated heterocycles. The van der Waals surface area contributed by atoms with Crippen molar-refractivity contribution < 1.29 is 19.1 Å². The molecule has 0 atom stereocenters. The van der Waals surface area contributed by atoms with Crippen LogP contribution in [0.5, 0.6) is 0 Å². The zero-order valence-corrected chi connectivity index (χ0v) is 9.29. The van der Waals surface area contributed by atoms with Crippen LogP contribution in [0.4, 0.5) is 4.39 Å². The van der Waals surface area contributed by atoms with Crippen LogP contribution in [0.3, 0.4) is 0 Å². The second-order valence-electron chi connectivity index (χ2n) is 3.53. The molecule has 2 rings (SSSR count). The fourth-order valence-corrected chi connectivity index (χ4v) is 1.48. The Kier molecular flexibility index (Phi) is 2.88. The van der Waals surface area contributed by atoms with Crippen LogP contribution in [0, 0.1) is 12.7 Å². The molecule has 18 heavy (non-hydrogen) atoms. The third-order valence-electron chi connectivity index (χ3n) is 2.37. The number of carboxylic acids is 1. The van der Waals surface area contributed by atoms with Crippen molar-refractivity contribution in [3.05, 3.63) is 41.1 Å². The Balaban J connectivity index is 2.59. The summed E-state index contributed by atoms with van der Waals surface area (Å²) in [7, 11) is 0. The molecule has 7 heteroatoms. The maximum atomic E-state index is 13.8. The Morgan fingerprint density at radius 2 is 2.28 bits per heavy atom. The van der Waals surface area contributed by atoms with E-state index in [9.17, 15) is 14.0 Å². The summed E-state index contributed by atoms with van der Waals surface area (Å²) in [6.45, 7) is 1.49. The minimum absolute atomic E-state index is 0.0484. The molecule has 2 aromatic rings. The van der Waals surface area contributed by atoms with Gasteiger partial charge in [0.25, 0.3) is 0 Å². The normalized spacial score (nSPS) is 10.3. The summed E-state index contributed by atoms with van der Waals surface area (Å²) in [6.07, 6.45) is 2.76. The van der Waals surface area contributed by atoms with Gasteiger partial charge in [0.15, 0.2) is 17.9 Å². The van der Waals surface area contributed by atoms with Crippen LogP contribution in [-0.4, -0.2) is 32.1 Å². The van der Waals surface area contributed by atoms with Gasteiger partial charge in [0.05, 0.1) is 11.3 Å². The molecule has 0 unspecified atom stereocenters. The van der Waals surface area contributed by atoms with Crippen LogP contribution >= 0.6 is 0 Å². The molecular formula is C11H8FN3O3. The van der Waals surface area contributed by atoms with Crippen molar-refractivity contribution in [1.82, 2.24) is 14.8 Å². The first-order valence-electron chi connectivity index (χ1n) is 4.94. The molecule has 0 amide bonds. The summed E-state index contributed by atoms with van der Waals surface area (Å²) in [4.78, 5) is 25.2. The van der Waals surface area contributed by atoms with E-state index in [1.54, 1.807) is 0 Å². The number of aldehydes is 1. The highest BCUT2D eigenvalue weighted by Crippen LogP contribution is 2.15. The lowest BCUT2D eigenvalue weighted by Gasteiger charge is -2.02. The predicted octanol–water partition coefficient (Wildman–Crippen LogP) is 1.23. The minimum Gasteiger partial charge on any atom is -0.478 e. The Hall–Kier alpha value is -2.57. The molecule has 0 aromatic carbocycles. The molecule has 0 spiro atoms. The van der Waals surface area contributed by atoms with E-state index in [1.165, 1.54) is 19.2 Å². The number of nitrogens with zero attached hydrogens (tertiary/aromatic N) is 3. The molecule has 6 nitrogen and oxygen atoms in total. The number of hydrogen-bond acceptors (Lipinski definition) is 4. The van der Waals surface area contributed by atoms with Crippen molar-refractivity contribution in [2.75, 3.05) is 0 Å². The van der Waals surface area contributed by atoms with E-state index in [-0.39, 0.29) is 22.6 Å². The lowest BCUT2D eigenvalue weighted by Crippen LogP contribution is -2.04. The maximum absolute atomic E-state index is 13.8. The molecule has 0 aliphatic carbocycles. The van der Waals surface area contributed by atoms with Crippen LogP contribution in [0.1, 0.15) is 26.4 Å². The zero-order chi connectivity index (χ0) is 13.3. The maximum Gasteiger partial charge on any atom is 0.339 e. The second-order valence-corrected chi connectivity index (χ2v) is 3.53. The van der Waals surface area contributed by atoms with Crippen molar-refractivity contribution in [3.8, 4) is 5.82 Å². The monoisotopic (exact) mass is 249 g/mol. The summed E-state index contributed by atoms with van der Waals surface area (Å²) in [5.41, 5.74) is 0.0259. The van der Waals surface area contributed by atoms with Gasteiger partial charge in [0.1, 0.15) is 5.56 Å². The molecular weight excluding hydrogens is 241 g/mol. The lowest BCUT2D eigenvalue weighted by atomic mass is 10.2. The van der Waals surface area contributed by atoms with Crippen LogP contribution in [-0.2, 0) is 0 Å². The number of halogens is 1. The van der Waals surface area contributed by atoms with Crippen molar-refractivity contribution in [3.63, 3.8) is 0 Å². The van der Waals surface area contributed by atoms with Crippen molar-refractivity contribution in [1.29, 1.82) is 0 Å². The molecule has 0 radical (unpaired) electrons.